The van der Waals surface area contributed by atoms with Gasteiger partial charge in [0.05, 0.1) is 6.04 Å². The van der Waals surface area contributed by atoms with Crippen LogP contribution in [0.4, 0.5) is 0 Å². The third-order valence-corrected chi connectivity index (χ3v) is 4.49. The van der Waals surface area contributed by atoms with Gasteiger partial charge in [0, 0.05) is 11.3 Å². The zero-order valence-corrected chi connectivity index (χ0v) is 10.9. The van der Waals surface area contributed by atoms with Crippen molar-refractivity contribution >= 4 is 16.9 Å². The largest absolute Gasteiger partial charge is 0.360 e. The summed E-state index contributed by atoms with van der Waals surface area (Å²) in [6, 6.07) is 0.539. The van der Waals surface area contributed by atoms with E-state index in [0.717, 1.165) is 0 Å². The molecule has 1 aliphatic heterocycles. The molecular weight excluding hydrogens is 204 g/mol. The first-order chi connectivity index (χ1) is 7.09. The Morgan fingerprint density at radius 3 is 2.73 bits per heavy atom. The third kappa shape index (κ3) is 2.68. The Morgan fingerprint density at radius 2 is 2.20 bits per heavy atom. The summed E-state index contributed by atoms with van der Waals surface area (Å²) in [5.74, 6) is 1.90. The van der Waals surface area contributed by atoms with E-state index >= 15 is 0 Å². The van der Waals surface area contributed by atoms with E-state index in [4.69, 9.17) is 4.99 Å². The van der Waals surface area contributed by atoms with Crippen molar-refractivity contribution in [3.63, 3.8) is 0 Å². The molecule has 0 bridgehead atoms. The van der Waals surface area contributed by atoms with Crippen LogP contribution in [-0.2, 0) is 0 Å². The van der Waals surface area contributed by atoms with Crippen molar-refractivity contribution in [3.05, 3.63) is 0 Å². The van der Waals surface area contributed by atoms with Crippen molar-refractivity contribution < 1.29 is 0 Å². The minimum Gasteiger partial charge on any atom is -0.360 e. The Balaban J connectivity index is 1.96. The van der Waals surface area contributed by atoms with Crippen LogP contribution in [0.15, 0.2) is 4.99 Å². The summed E-state index contributed by atoms with van der Waals surface area (Å²) >= 11 is 1.90. The molecule has 0 aromatic carbocycles. The molecule has 1 unspecified atom stereocenters. The normalized spacial score (nSPS) is 29.6. The summed E-state index contributed by atoms with van der Waals surface area (Å²) in [4.78, 5) is 4.82. The number of amidine groups is 1. The molecule has 2 aliphatic rings. The first-order valence-corrected chi connectivity index (χ1v) is 7.06. The van der Waals surface area contributed by atoms with Crippen LogP contribution in [0.3, 0.4) is 0 Å². The van der Waals surface area contributed by atoms with E-state index in [1.807, 2.05) is 11.8 Å². The van der Waals surface area contributed by atoms with Crippen LogP contribution in [0.2, 0.25) is 0 Å². The minimum atomic E-state index is 0.352. The van der Waals surface area contributed by atoms with Crippen molar-refractivity contribution in [2.75, 3.05) is 5.75 Å². The maximum absolute atomic E-state index is 4.82. The number of rotatable bonds is 2. The third-order valence-electron chi connectivity index (χ3n) is 3.57. The number of hydrogen-bond donors (Lipinski definition) is 1. The molecule has 2 rings (SSSR count). The monoisotopic (exact) mass is 226 g/mol. The van der Waals surface area contributed by atoms with Crippen LogP contribution in [0.5, 0.6) is 0 Å². The van der Waals surface area contributed by atoms with Crippen LogP contribution >= 0.6 is 11.8 Å². The highest BCUT2D eigenvalue weighted by molar-refractivity contribution is 8.13. The topological polar surface area (TPSA) is 24.4 Å². The van der Waals surface area contributed by atoms with Gasteiger partial charge in [0.15, 0.2) is 5.17 Å². The number of aliphatic imine (C=N–C) groups is 1. The van der Waals surface area contributed by atoms with Gasteiger partial charge >= 0.3 is 0 Å². The Labute approximate surface area is 97.3 Å². The molecule has 0 spiro atoms. The minimum absolute atomic E-state index is 0.352. The molecule has 15 heavy (non-hydrogen) atoms. The quantitative estimate of drug-likeness (QED) is 0.782. The highest BCUT2D eigenvalue weighted by Gasteiger charge is 2.33. The molecule has 86 valence electrons. The molecule has 2 nitrogen and oxygen atoms in total. The predicted octanol–water partition coefficient (Wildman–Crippen LogP) is 3.04. The number of thioether (sulfide) groups is 1. The average molecular weight is 226 g/mol. The molecule has 0 radical (unpaired) electrons. The van der Waals surface area contributed by atoms with Crippen molar-refractivity contribution in [2.45, 2.75) is 58.0 Å². The predicted molar refractivity (Wildman–Crippen MR) is 68.5 cm³/mol. The van der Waals surface area contributed by atoms with Gasteiger partial charge in [0.1, 0.15) is 0 Å². The first-order valence-electron chi connectivity index (χ1n) is 6.08. The molecule has 1 fully saturated rings. The Morgan fingerprint density at radius 1 is 1.47 bits per heavy atom. The van der Waals surface area contributed by atoms with Gasteiger partial charge in [-0.2, -0.15) is 0 Å². The number of nitrogens with zero attached hydrogens (tertiary/aromatic N) is 1. The molecule has 0 saturated heterocycles. The lowest BCUT2D eigenvalue weighted by atomic mass is 9.79. The van der Waals surface area contributed by atoms with Gasteiger partial charge in [-0.1, -0.05) is 25.6 Å². The van der Waals surface area contributed by atoms with E-state index in [9.17, 15) is 0 Å². The summed E-state index contributed by atoms with van der Waals surface area (Å²) in [6.45, 7) is 6.86. The van der Waals surface area contributed by atoms with Crippen molar-refractivity contribution in [3.8, 4) is 0 Å². The van der Waals surface area contributed by atoms with Crippen molar-refractivity contribution in [2.24, 2.45) is 10.9 Å². The Bertz CT molecular complexity index is 256. The summed E-state index contributed by atoms with van der Waals surface area (Å²) in [5.41, 5.74) is 0.352. The highest BCUT2D eigenvalue weighted by Crippen LogP contribution is 2.32. The maximum Gasteiger partial charge on any atom is 0.157 e. The van der Waals surface area contributed by atoms with Gasteiger partial charge < -0.3 is 5.32 Å². The van der Waals surface area contributed by atoms with Crippen LogP contribution in [-0.4, -0.2) is 22.5 Å². The summed E-state index contributed by atoms with van der Waals surface area (Å²) in [5, 5.41) is 4.83. The Hall–Kier alpha value is -0.180. The molecular formula is C12H22N2S. The standard InChI is InChI=1S/C12H22N2S/c1-9(2)10-5-8-15-11(13-10)14-12(3)6-4-7-12/h9-10H,4-8H2,1-3H3,(H,13,14). The zero-order valence-electron chi connectivity index (χ0n) is 10.0. The SMILES string of the molecule is CC(C)C1CCSC(NC2(C)CCC2)=N1. The highest BCUT2D eigenvalue weighted by atomic mass is 32.2. The molecule has 1 aliphatic carbocycles. The Kier molecular flexibility index (Phi) is 3.29. The molecule has 0 aromatic rings. The molecule has 1 atom stereocenters. The second-order valence-corrected chi connectivity index (χ2v) is 6.51. The first kappa shape index (κ1) is 11.3. The van der Waals surface area contributed by atoms with E-state index in [-0.39, 0.29) is 0 Å². The lowest BCUT2D eigenvalue weighted by molar-refractivity contribution is 0.245. The fourth-order valence-corrected chi connectivity index (χ4v) is 3.25. The van der Waals surface area contributed by atoms with E-state index in [1.165, 1.54) is 36.6 Å². The van der Waals surface area contributed by atoms with E-state index in [1.54, 1.807) is 0 Å². The molecule has 1 N–H and O–H groups in total. The van der Waals surface area contributed by atoms with Crippen molar-refractivity contribution in [1.29, 1.82) is 0 Å². The summed E-state index contributed by atoms with van der Waals surface area (Å²) < 4.78 is 0. The molecule has 1 heterocycles. The van der Waals surface area contributed by atoms with E-state index in [2.05, 4.69) is 26.1 Å². The maximum atomic E-state index is 4.82. The van der Waals surface area contributed by atoms with Gasteiger partial charge in [-0.15, -0.1) is 0 Å². The smallest absolute Gasteiger partial charge is 0.157 e. The van der Waals surface area contributed by atoms with Gasteiger partial charge in [-0.25, -0.2) is 0 Å². The number of nitrogens with one attached hydrogen (secondary N) is 1. The van der Waals surface area contributed by atoms with E-state index in [0.29, 0.717) is 17.5 Å². The van der Waals surface area contributed by atoms with Crippen LogP contribution < -0.4 is 5.32 Å². The van der Waals surface area contributed by atoms with Gasteiger partial charge in [0.25, 0.3) is 0 Å². The van der Waals surface area contributed by atoms with Crippen LogP contribution in [0, 0.1) is 5.92 Å². The second-order valence-electron chi connectivity index (χ2n) is 5.42. The fourth-order valence-electron chi connectivity index (χ4n) is 2.17. The second kappa shape index (κ2) is 4.36. The summed E-state index contributed by atoms with van der Waals surface area (Å²) in [6.07, 6.45) is 5.22. The van der Waals surface area contributed by atoms with Crippen LogP contribution in [0.1, 0.15) is 46.5 Å². The van der Waals surface area contributed by atoms with Gasteiger partial charge in [-0.3, -0.25) is 4.99 Å². The lowest BCUT2D eigenvalue weighted by Crippen LogP contribution is -2.51. The van der Waals surface area contributed by atoms with Gasteiger partial charge in [-0.05, 0) is 38.5 Å². The van der Waals surface area contributed by atoms with Crippen LogP contribution in [0.25, 0.3) is 0 Å². The fraction of sp³-hybridized carbons (Fsp3) is 0.917. The molecule has 1 saturated carbocycles. The zero-order chi connectivity index (χ0) is 10.9. The average Bonchev–Trinajstić information content (AvgIpc) is 2.16. The molecule has 0 aromatic heterocycles. The lowest BCUT2D eigenvalue weighted by Gasteiger charge is -2.41. The molecule has 0 amide bonds. The van der Waals surface area contributed by atoms with E-state index < -0.39 is 0 Å². The van der Waals surface area contributed by atoms with Gasteiger partial charge in [0.2, 0.25) is 0 Å². The molecule has 3 heteroatoms. The summed E-state index contributed by atoms with van der Waals surface area (Å²) in [7, 11) is 0. The van der Waals surface area contributed by atoms with Crippen molar-refractivity contribution in [1.82, 2.24) is 5.32 Å². The number of hydrogen-bond acceptors (Lipinski definition) is 3.